The molecule has 0 saturated heterocycles. The minimum atomic E-state index is 0. The number of hydrogen-bond donors (Lipinski definition) is 0. The maximum absolute atomic E-state index is 3.36. The molecule has 0 aromatic carbocycles. The van der Waals surface area contributed by atoms with Crippen molar-refractivity contribution in [3.05, 3.63) is 45.6 Å². The summed E-state index contributed by atoms with van der Waals surface area (Å²) >= 11 is 0. The molecule has 2 aliphatic carbocycles. The van der Waals surface area contributed by atoms with Gasteiger partial charge in [0, 0.05) is 0 Å². The van der Waals surface area contributed by atoms with Crippen LogP contribution < -0.4 is 24.8 Å². The normalized spacial score (nSPS) is 23.2. The molecule has 117 valence electrons. The first-order chi connectivity index (χ1) is 8.25. The van der Waals surface area contributed by atoms with Crippen LogP contribution in [0.5, 0.6) is 0 Å². The van der Waals surface area contributed by atoms with Crippen LogP contribution in [0.2, 0.25) is 0 Å². The van der Waals surface area contributed by atoms with Crippen LogP contribution in [0.1, 0.15) is 55.4 Å². The van der Waals surface area contributed by atoms with Crippen LogP contribution in [0.4, 0.5) is 0 Å². The van der Waals surface area contributed by atoms with E-state index in [4.69, 9.17) is 0 Å². The molecule has 2 atom stereocenters. The van der Waals surface area contributed by atoms with Crippen molar-refractivity contribution >= 4 is 0 Å². The number of halogens is 2. The standard InChI is InChI=1S/2C9H13.2ClH.V/c2*1-6-5-7(2)9(4)8(6)3;;;/h2*6H,1-4H3;2*1H;/q2*-1;;;+4/p-2. The van der Waals surface area contributed by atoms with E-state index in [1.165, 1.54) is 33.4 Å². The minimum absolute atomic E-state index is 0. The zero-order chi connectivity index (χ0) is 14.0. The molecular formula is C18H26Cl2V. The van der Waals surface area contributed by atoms with E-state index < -0.39 is 0 Å². The van der Waals surface area contributed by atoms with E-state index in [1.54, 1.807) is 0 Å². The van der Waals surface area contributed by atoms with E-state index in [-0.39, 0.29) is 43.4 Å². The van der Waals surface area contributed by atoms with Crippen LogP contribution in [0, 0.1) is 24.0 Å². The van der Waals surface area contributed by atoms with Crippen LogP contribution in [0.25, 0.3) is 0 Å². The van der Waals surface area contributed by atoms with E-state index in [2.05, 4.69) is 67.5 Å². The maximum Gasteiger partial charge on any atom is 4.00 e. The van der Waals surface area contributed by atoms with Gasteiger partial charge in [0.15, 0.2) is 0 Å². The second-order valence-corrected chi connectivity index (χ2v) is 5.60. The van der Waals surface area contributed by atoms with Crippen molar-refractivity contribution in [1.82, 2.24) is 0 Å². The van der Waals surface area contributed by atoms with Crippen molar-refractivity contribution in [1.29, 1.82) is 0 Å². The summed E-state index contributed by atoms with van der Waals surface area (Å²) in [5, 5.41) is 0. The summed E-state index contributed by atoms with van der Waals surface area (Å²) in [6.07, 6.45) is 6.72. The summed E-state index contributed by atoms with van der Waals surface area (Å²) in [6.45, 7) is 17.3. The van der Waals surface area contributed by atoms with Crippen LogP contribution in [-0.4, -0.2) is 0 Å². The van der Waals surface area contributed by atoms with Crippen molar-refractivity contribution < 1.29 is 43.4 Å². The Balaban J connectivity index is -0.000000270. The first-order valence-electron chi connectivity index (χ1n) is 6.81. The first kappa shape index (κ1) is 26.0. The molecule has 0 fully saturated rings. The second-order valence-electron chi connectivity index (χ2n) is 5.60. The van der Waals surface area contributed by atoms with E-state index >= 15 is 0 Å². The third-order valence-electron chi connectivity index (χ3n) is 4.47. The van der Waals surface area contributed by atoms with Crippen molar-refractivity contribution in [3.63, 3.8) is 0 Å². The summed E-state index contributed by atoms with van der Waals surface area (Å²) in [5.74, 6) is 1.12. The van der Waals surface area contributed by atoms with E-state index in [0.29, 0.717) is 11.8 Å². The molecule has 0 heterocycles. The summed E-state index contributed by atoms with van der Waals surface area (Å²) in [7, 11) is 0. The average molecular weight is 364 g/mol. The Labute approximate surface area is 155 Å². The Morgan fingerprint density at radius 2 is 0.857 bits per heavy atom. The van der Waals surface area contributed by atoms with Gasteiger partial charge in [-0.2, -0.15) is 22.3 Å². The van der Waals surface area contributed by atoms with Crippen molar-refractivity contribution in [2.24, 2.45) is 11.8 Å². The van der Waals surface area contributed by atoms with Gasteiger partial charge in [0.1, 0.15) is 0 Å². The molecule has 1 radical (unpaired) electrons. The Bertz CT molecular complexity index is 424. The molecule has 21 heavy (non-hydrogen) atoms. The molecular weight excluding hydrogens is 338 g/mol. The van der Waals surface area contributed by atoms with Crippen molar-refractivity contribution in [3.8, 4) is 0 Å². The van der Waals surface area contributed by atoms with E-state index in [1.807, 2.05) is 0 Å². The number of hydrogen-bond acceptors (Lipinski definition) is 0. The Morgan fingerprint density at radius 3 is 0.905 bits per heavy atom. The third kappa shape index (κ3) is 6.41. The van der Waals surface area contributed by atoms with Gasteiger partial charge in [-0.25, -0.2) is 11.1 Å². The number of allylic oxidation sites excluding steroid dienone is 8. The van der Waals surface area contributed by atoms with Crippen LogP contribution in [0.3, 0.4) is 0 Å². The summed E-state index contributed by atoms with van der Waals surface area (Å²) in [5.41, 5.74) is 8.49. The maximum atomic E-state index is 3.36. The van der Waals surface area contributed by atoms with Gasteiger partial charge in [-0.15, -0.1) is 13.8 Å². The SMILES string of the molecule is CC1=[C-]C(C)C(C)=C1C.CC1=[C-]C(C)C(C)=C1C.[Cl-].[Cl-].[V+4]. The molecule has 3 heteroatoms. The van der Waals surface area contributed by atoms with Gasteiger partial charge in [-0.3, -0.25) is 12.2 Å². The Hall–Kier alpha value is 0.124. The smallest absolute Gasteiger partial charge is 1.00 e. The van der Waals surface area contributed by atoms with Crippen molar-refractivity contribution in [2.75, 3.05) is 0 Å². The molecule has 0 amide bonds. The molecule has 2 rings (SSSR count). The van der Waals surface area contributed by atoms with Gasteiger partial charge in [-0.05, 0) is 0 Å². The molecule has 0 aromatic heterocycles. The fourth-order valence-electron chi connectivity index (χ4n) is 2.32. The number of rotatable bonds is 0. The second kappa shape index (κ2) is 10.8. The third-order valence-corrected chi connectivity index (χ3v) is 4.47. The molecule has 0 saturated carbocycles. The molecule has 0 N–H and O–H groups in total. The van der Waals surface area contributed by atoms with Gasteiger partial charge in [-0.1, -0.05) is 53.4 Å². The zero-order valence-electron chi connectivity index (χ0n) is 14.4. The predicted octanol–water partition coefficient (Wildman–Crippen LogP) is -0.551. The van der Waals surface area contributed by atoms with Crippen LogP contribution >= 0.6 is 0 Å². The zero-order valence-corrected chi connectivity index (χ0v) is 17.3. The quantitative estimate of drug-likeness (QED) is 0.506. The summed E-state index contributed by atoms with van der Waals surface area (Å²) in [4.78, 5) is 0. The van der Waals surface area contributed by atoms with Crippen LogP contribution in [0.15, 0.2) is 33.4 Å². The van der Waals surface area contributed by atoms with E-state index in [9.17, 15) is 0 Å². The van der Waals surface area contributed by atoms with Crippen LogP contribution in [-0.2, 0) is 18.6 Å². The summed E-state index contributed by atoms with van der Waals surface area (Å²) in [6, 6.07) is 0. The predicted molar refractivity (Wildman–Crippen MR) is 79.9 cm³/mol. The largest absolute Gasteiger partial charge is 4.00 e. The molecule has 0 bridgehead atoms. The van der Waals surface area contributed by atoms with E-state index in [0.717, 1.165) is 0 Å². The minimum Gasteiger partial charge on any atom is -1.00 e. The molecule has 0 nitrogen and oxygen atoms in total. The fourth-order valence-corrected chi connectivity index (χ4v) is 2.32. The molecule has 2 unspecified atom stereocenters. The van der Waals surface area contributed by atoms with Gasteiger partial charge >= 0.3 is 18.6 Å². The van der Waals surface area contributed by atoms with Crippen molar-refractivity contribution in [2.45, 2.75) is 55.4 Å². The Kier molecular flexibility index (Phi) is 13.4. The average Bonchev–Trinajstić information content (AvgIpc) is 2.66. The topological polar surface area (TPSA) is 0 Å². The fraction of sp³-hybridized carbons (Fsp3) is 0.556. The van der Waals surface area contributed by atoms with Gasteiger partial charge in [0.05, 0.1) is 0 Å². The monoisotopic (exact) mass is 363 g/mol. The van der Waals surface area contributed by atoms with Gasteiger partial charge < -0.3 is 24.8 Å². The molecule has 2 aliphatic rings. The van der Waals surface area contributed by atoms with Gasteiger partial charge in [0.25, 0.3) is 0 Å². The Morgan fingerprint density at radius 1 is 0.619 bits per heavy atom. The molecule has 0 spiro atoms. The molecule has 0 aromatic rings. The first-order valence-corrected chi connectivity index (χ1v) is 6.81. The molecule has 0 aliphatic heterocycles. The summed E-state index contributed by atoms with van der Waals surface area (Å²) < 4.78 is 0. The van der Waals surface area contributed by atoms with Gasteiger partial charge in [0.2, 0.25) is 0 Å².